The average molecular weight is 257 g/mol. The van der Waals surface area contributed by atoms with Gasteiger partial charge in [-0.1, -0.05) is 12.1 Å². The number of benzene rings is 1. The van der Waals surface area contributed by atoms with Crippen LogP contribution in [0.25, 0.3) is 11.3 Å². The third kappa shape index (κ3) is 2.18. The van der Waals surface area contributed by atoms with Crippen molar-refractivity contribution < 1.29 is 4.74 Å². The molecule has 1 aliphatic heterocycles. The summed E-state index contributed by atoms with van der Waals surface area (Å²) in [5.74, 6) is 1.63. The molecule has 0 aliphatic carbocycles. The van der Waals surface area contributed by atoms with Gasteiger partial charge < -0.3 is 10.5 Å². The lowest BCUT2D eigenvalue weighted by Gasteiger charge is -2.32. The predicted octanol–water partition coefficient (Wildman–Crippen LogP) is 2.77. The molecular formula is C15H19N3O. The summed E-state index contributed by atoms with van der Waals surface area (Å²) in [7, 11) is 1.84. The van der Waals surface area contributed by atoms with Crippen LogP contribution in [0.15, 0.2) is 24.3 Å². The normalized spacial score (nSPS) is 16.8. The van der Waals surface area contributed by atoms with Crippen LogP contribution in [0.4, 0.5) is 5.82 Å². The lowest BCUT2D eigenvalue weighted by Crippen LogP contribution is -2.32. The summed E-state index contributed by atoms with van der Waals surface area (Å²) < 4.78 is 7.73. The van der Waals surface area contributed by atoms with Crippen molar-refractivity contribution in [3.8, 4) is 17.0 Å². The van der Waals surface area contributed by atoms with Crippen LogP contribution < -0.4 is 10.5 Å². The van der Waals surface area contributed by atoms with Crippen molar-refractivity contribution in [2.75, 3.05) is 5.73 Å². The third-order valence-corrected chi connectivity index (χ3v) is 3.66. The lowest BCUT2D eigenvalue weighted by molar-refractivity contribution is 0.0848. The van der Waals surface area contributed by atoms with E-state index in [-0.39, 0.29) is 5.60 Å². The highest BCUT2D eigenvalue weighted by Crippen LogP contribution is 2.35. The Labute approximate surface area is 113 Å². The maximum absolute atomic E-state index is 6.05. The highest BCUT2D eigenvalue weighted by atomic mass is 16.5. The van der Waals surface area contributed by atoms with Crippen LogP contribution in [-0.4, -0.2) is 15.4 Å². The number of fused-ring (bicyclic) bond motifs is 1. The number of ether oxygens (including phenoxy) is 1. The zero-order chi connectivity index (χ0) is 13.6. The monoisotopic (exact) mass is 257 g/mol. The average Bonchev–Trinajstić information content (AvgIpc) is 2.67. The van der Waals surface area contributed by atoms with Crippen LogP contribution >= 0.6 is 0 Å². The van der Waals surface area contributed by atoms with Crippen molar-refractivity contribution in [3.05, 3.63) is 29.8 Å². The van der Waals surface area contributed by atoms with E-state index in [1.165, 1.54) is 5.56 Å². The fourth-order valence-electron chi connectivity index (χ4n) is 2.42. The molecule has 2 heterocycles. The largest absolute Gasteiger partial charge is 0.488 e. The smallest absolute Gasteiger partial charge is 0.123 e. The van der Waals surface area contributed by atoms with Gasteiger partial charge in [0.2, 0.25) is 0 Å². The van der Waals surface area contributed by atoms with Crippen molar-refractivity contribution >= 4 is 5.82 Å². The highest BCUT2D eigenvalue weighted by molar-refractivity contribution is 5.65. The second-order valence-electron chi connectivity index (χ2n) is 5.76. The maximum atomic E-state index is 6.05. The van der Waals surface area contributed by atoms with Gasteiger partial charge in [-0.2, -0.15) is 5.10 Å². The van der Waals surface area contributed by atoms with E-state index in [9.17, 15) is 0 Å². The molecule has 3 rings (SSSR count). The van der Waals surface area contributed by atoms with Gasteiger partial charge in [0.15, 0.2) is 0 Å². The summed E-state index contributed by atoms with van der Waals surface area (Å²) in [4.78, 5) is 0. The number of nitrogens with zero attached hydrogens (tertiary/aromatic N) is 2. The molecular weight excluding hydrogens is 238 g/mol. The number of hydrogen-bond acceptors (Lipinski definition) is 3. The number of rotatable bonds is 1. The van der Waals surface area contributed by atoms with E-state index in [1.54, 1.807) is 4.68 Å². The summed E-state index contributed by atoms with van der Waals surface area (Å²) in [5.41, 5.74) is 8.94. The Morgan fingerprint density at radius 3 is 2.79 bits per heavy atom. The minimum Gasteiger partial charge on any atom is -0.488 e. The molecule has 1 aromatic heterocycles. The molecule has 0 saturated heterocycles. The quantitative estimate of drug-likeness (QED) is 0.854. The molecule has 1 aliphatic rings. The van der Waals surface area contributed by atoms with Crippen LogP contribution in [-0.2, 0) is 13.5 Å². The summed E-state index contributed by atoms with van der Waals surface area (Å²) >= 11 is 0. The van der Waals surface area contributed by atoms with E-state index in [0.29, 0.717) is 5.82 Å². The van der Waals surface area contributed by atoms with Crippen LogP contribution in [0, 0.1) is 0 Å². The third-order valence-electron chi connectivity index (χ3n) is 3.66. The topological polar surface area (TPSA) is 53.1 Å². The Hall–Kier alpha value is -1.97. The van der Waals surface area contributed by atoms with Crippen molar-refractivity contribution in [1.29, 1.82) is 0 Å². The van der Waals surface area contributed by atoms with Gasteiger partial charge in [0.05, 0.1) is 5.69 Å². The first-order chi connectivity index (χ1) is 8.94. The van der Waals surface area contributed by atoms with E-state index in [1.807, 2.05) is 13.1 Å². The van der Waals surface area contributed by atoms with Gasteiger partial charge in [0, 0.05) is 18.7 Å². The Kier molecular flexibility index (Phi) is 2.55. The van der Waals surface area contributed by atoms with Gasteiger partial charge in [0.25, 0.3) is 0 Å². The number of hydrogen-bond donors (Lipinski definition) is 1. The Bertz CT molecular complexity index is 609. The molecule has 1 aromatic carbocycles. The van der Waals surface area contributed by atoms with Gasteiger partial charge >= 0.3 is 0 Å². The van der Waals surface area contributed by atoms with E-state index in [4.69, 9.17) is 10.5 Å². The molecule has 2 aromatic rings. The molecule has 100 valence electrons. The minimum atomic E-state index is -0.0885. The fraction of sp³-hybridized carbons (Fsp3) is 0.400. The molecule has 2 N–H and O–H groups in total. The van der Waals surface area contributed by atoms with E-state index >= 15 is 0 Å². The SMILES string of the molecule is Cn1nc(-c2ccc3c(c2)OC(C)(C)CC3)cc1N. The van der Waals surface area contributed by atoms with E-state index in [0.717, 1.165) is 29.8 Å². The number of aromatic nitrogens is 2. The maximum Gasteiger partial charge on any atom is 0.123 e. The summed E-state index contributed by atoms with van der Waals surface area (Å²) in [6.45, 7) is 4.25. The van der Waals surface area contributed by atoms with Gasteiger partial charge in [-0.05, 0) is 38.3 Å². The summed E-state index contributed by atoms with van der Waals surface area (Å²) in [5, 5.41) is 4.40. The molecule has 4 nitrogen and oxygen atoms in total. The summed E-state index contributed by atoms with van der Waals surface area (Å²) in [6.07, 6.45) is 2.11. The number of anilines is 1. The molecule has 0 radical (unpaired) electrons. The standard InChI is InChI=1S/C15H19N3O/c1-15(2)7-6-10-4-5-11(8-13(10)19-15)12-9-14(16)18(3)17-12/h4-5,8-9H,6-7,16H2,1-3H3. The van der Waals surface area contributed by atoms with Crippen molar-refractivity contribution in [2.24, 2.45) is 7.05 Å². The molecule has 0 atom stereocenters. The van der Waals surface area contributed by atoms with E-state index in [2.05, 4.69) is 37.1 Å². The molecule has 0 fully saturated rings. The van der Waals surface area contributed by atoms with Gasteiger partial charge in [-0.3, -0.25) is 4.68 Å². The van der Waals surface area contributed by atoms with Gasteiger partial charge in [-0.15, -0.1) is 0 Å². The Morgan fingerprint density at radius 1 is 1.32 bits per heavy atom. The minimum absolute atomic E-state index is 0.0885. The van der Waals surface area contributed by atoms with Crippen LogP contribution in [0.1, 0.15) is 25.8 Å². The fourth-order valence-corrected chi connectivity index (χ4v) is 2.42. The molecule has 0 saturated carbocycles. The zero-order valence-corrected chi connectivity index (χ0v) is 11.6. The number of nitrogen functional groups attached to an aromatic ring is 1. The van der Waals surface area contributed by atoms with Crippen molar-refractivity contribution in [2.45, 2.75) is 32.3 Å². The Morgan fingerprint density at radius 2 is 2.11 bits per heavy atom. The molecule has 0 unspecified atom stereocenters. The predicted molar refractivity (Wildman–Crippen MR) is 76.1 cm³/mol. The van der Waals surface area contributed by atoms with Crippen molar-refractivity contribution in [3.63, 3.8) is 0 Å². The lowest BCUT2D eigenvalue weighted by atomic mass is 9.93. The molecule has 0 spiro atoms. The van der Waals surface area contributed by atoms with Crippen LogP contribution in [0.2, 0.25) is 0 Å². The highest BCUT2D eigenvalue weighted by Gasteiger charge is 2.26. The summed E-state index contributed by atoms with van der Waals surface area (Å²) in [6, 6.07) is 8.17. The molecule has 4 heteroatoms. The first-order valence-corrected chi connectivity index (χ1v) is 6.56. The second-order valence-corrected chi connectivity index (χ2v) is 5.76. The molecule has 0 amide bonds. The number of nitrogens with two attached hydrogens (primary N) is 1. The molecule has 19 heavy (non-hydrogen) atoms. The molecule has 0 bridgehead atoms. The number of aryl methyl sites for hydroxylation is 2. The van der Waals surface area contributed by atoms with Crippen LogP contribution in [0.5, 0.6) is 5.75 Å². The Balaban J connectivity index is 2.01. The van der Waals surface area contributed by atoms with Crippen LogP contribution in [0.3, 0.4) is 0 Å². The second kappa shape index (κ2) is 4.02. The van der Waals surface area contributed by atoms with Crippen molar-refractivity contribution in [1.82, 2.24) is 9.78 Å². The zero-order valence-electron chi connectivity index (χ0n) is 11.6. The first kappa shape index (κ1) is 12.1. The first-order valence-electron chi connectivity index (χ1n) is 6.56. The van der Waals surface area contributed by atoms with Gasteiger partial charge in [-0.25, -0.2) is 0 Å². The van der Waals surface area contributed by atoms with E-state index < -0.39 is 0 Å². The van der Waals surface area contributed by atoms with Gasteiger partial charge in [0.1, 0.15) is 17.2 Å².